The maximum absolute atomic E-state index is 11.4. The standard InChI is InChI=1S/C11H12Cl3NO2/c12-11(13,14)10(17)15-9(16)7-6-8-4-2-1-3-5-8/h1-5,10,17H,6-7H2,(H,15,16). The van der Waals surface area contributed by atoms with Crippen LogP contribution in [0.2, 0.25) is 0 Å². The number of hydrogen-bond acceptors (Lipinski definition) is 2. The maximum atomic E-state index is 11.4. The molecule has 94 valence electrons. The quantitative estimate of drug-likeness (QED) is 0.662. The van der Waals surface area contributed by atoms with Gasteiger partial charge in [0.05, 0.1) is 0 Å². The lowest BCUT2D eigenvalue weighted by Crippen LogP contribution is -2.43. The Morgan fingerprint density at radius 2 is 1.88 bits per heavy atom. The number of rotatable bonds is 4. The number of halogens is 3. The number of amides is 1. The van der Waals surface area contributed by atoms with Crippen molar-refractivity contribution in [1.29, 1.82) is 0 Å². The number of carbonyl (C=O) groups excluding carboxylic acids is 1. The zero-order valence-corrected chi connectivity index (χ0v) is 11.1. The van der Waals surface area contributed by atoms with Crippen molar-refractivity contribution in [2.24, 2.45) is 0 Å². The molecule has 0 heterocycles. The van der Waals surface area contributed by atoms with Gasteiger partial charge < -0.3 is 10.4 Å². The molecule has 0 aliphatic rings. The Labute approximate surface area is 115 Å². The first-order valence-electron chi connectivity index (χ1n) is 4.97. The molecule has 17 heavy (non-hydrogen) atoms. The number of benzene rings is 1. The average Bonchev–Trinajstić information content (AvgIpc) is 2.26. The van der Waals surface area contributed by atoms with Gasteiger partial charge in [-0.15, -0.1) is 0 Å². The summed E-state index contributed by atoms with van der Waals surface area (Å²) in [7, 11) is 0. The number of nitrogens with one attached hydrogen (secondary N) is 1. The van der Waals surface area contributed by atoms with Gasteiger partial charge in [-0.2, -0.15) is 0 Å². The van der Waals surface area contributed by atoms with Gasteiger partial charge in [0.15, 0.2) is 6.23 Å². The number of aliphatic hydroxyl groups excluding tert-OH is 1. The van der Waals surface area contributed by atoms with Crippen molar-refractivity contribution in [3.8, 4) is 0 Å². The van der Waals surface area contributed by atoms with Crippen molar-refractivity contribution >= 4 is 40.7 Å². The summed E-state index contributed by atoms with van der Waals surface area (Å²) >= 11 is 16.2. The van der Waals surface area contributed by atoms with E-state index < -0.39 is 10.0 Å². The summed E-state index contributed by atoms with van der Waals surface area (Å²) in [5.41, 5.74) is 1.03. The zero-order valence-electron chi connectivity index (χ0n) is 8.87. The summed E-state index contributed by atoms with van der Waals surface area (Å²) in [6.07, 6.45) is -0.711. The Bertz CT molecular complexity index is 365. The molecule has 1 rings (SSSR count). The minimum Gasteiger partial charge on any atom is -0.369 e. The molecule has 2 N–H and O–H groups in total. The van der Waals surface area contributed by atoms with Crippen LogP contribution in [0.1, 0.15) is 12.0 Å². The SMILES string of the molecule is O=C(CCc1ccccc1)NC(O)C(Cl)(Cl)Cl. The average molecular weight is 297 g/mol. The number of hydrogen-bond donors (Lipinski definition) is 2. The third-order valence-corrected chi connectivity index (χ3v) is 2.71. The van der Waals surface area contributed by atoms with Crippen molar-refractivity contribution in [3.05, 3.63) is 35.9 Å². The van der Waals surface area contributed by atoms with E-state index in [1.807, 2.05) is 30.3 Å². The second kappa shape index (κ2) is 6.45. The topological polar surface area (TPSA) is 49.3 Å². The second-order valence-electron chi connectivity index (χ2n) is 3.50. The number of aryl methyl sites for hydroxylation is 1. The minimum atomic E-state index is -1.91. The smallest absolute Gasteiger partial charge is 0.234 e. The Morgan fingerprint density at radius 1 is 1.29 bits per heavy atom. The fourth-order valence-electron chi connectivity index (χ4n) is 1.21. The molecule has 0 saturated heterocycles. The van der Waals surface area contributed by atoms with Crippen LogP contribution in [-0.4, -0.2) is 21.0 Å². The Hall–Kier alpha value is -0.480. The van der Waals surface area contributed by atoms with Crippen LogP contribution in [0.3, 0.4) is 0 Å². The summed E-state index contributed by atoms with van der Waals surface area (Å²) in [6, 6.07) is 9.51. The number of aliphatic hydroxyl groups is 1. The molecule has 1 aromatic rings. The van der Waals surface area contributed by atoms with E-state index in [4.69, 9.17) is 34.8 Å². The Balaban J connectivity index is 2.36. The van der Waals surface area contributed by atoms with Gasteiger partial charge in [0.1, 0.15) is 0 Å². The first-order valence-corrected chi connectivity index (χ1v) is 6.11. The molecule has 0 aliphatic carbocycles. The molecule has 0 bridgehead atoms. The predicted octanol–water partition coefficient (Wildman–Crippen LogP) is 2.42. The zero-order chi connectivity index (χ0) is 12.9. The molecule has 6 heteroatoms. The molecule has 3 nitrogen and oxygen atoms in total. The van der Waals surface area contributed by atoms with E-state index in [-0.39, 0.29) is 12.3 Å². The summed E-state index contributed by atoms with van der Waals surface area (Å²) in [4.78, 5) is 11.4. The molecule has 0 radical (unpaired) electrons. The minimum absolute atomic E-state index is 0.224. The van der Waals surface area contributed by atoms with Crippen molar-refractivity contribution in [1.82, 2.24) is 5.32 Å². The molecule has 0 aromatic heterocycles. The molecule has 0 aliphatic heterocycles. The second-order valence-corrected chi connectivity index (χ2v) is 5.87. The summed E-state index contributed by atoms with van der Waals surface area (Å²) in [6.45, 7) is 0. The van der Waals surface area contributed by atoms with Crippen molar-refractivity contribution < 1.29 is 9.90 Å². The van der Waals surface area contributed by atoms with E-state index in [9.17, 15) is 9.90 Å². The van der Waals surface area contributed by atoms with Crippen molar-refractivity contribution in [3.63, 3.8) is 0 Å². The van der Waals surface area contributed by atoms with E-state index in [1.54, 1.807) is 0 Å². The molecule has 0 saturated carbocycles. The van der Waals surface area contributed by atoms with Crippen LogP contribution in [0.4, 0.5) is 0 Å². The Morgan fingerprint density at radius 3 is 2.41 bits per heavy atom. The van der Waals surface area contributed by atoms with Gasteiger partial charge >= 0.3 is 0 Å². The van der Waals surface area contributed by atoms with Gasteiger partial charge in [-0.05, 0) is 12.0 Å². The summed E-state index contributed by atoms with van der Waals surface area (Å²) in [5, 5.41) is 11.5. The molecule has 0 fully saturated rings. The number of alkyl halides is 3. The fourth-order valence-corrected chi connectivity index (χ4v) is 1.37. The molecule has 0 spiro atoms. The first-order chi connectivity index (χ1) is 7.89. The lowest BCUT2D eigenvalue weighted by Gasteiger charge is -2.19. The van der Waals surface area contributed by atoms with E-state index >= 15 is 0 Å². The lowest BCUT2D eigenvalue weighted by molar-refractivity contribution is -0.123. The highest BCUT2D eigenvalue weighted by molar-refractivity contribution is 6.68. The highest BCUT2D eigenvalue weighted by Crippen LogP contribution is 2.28. The molecular formula is C11H12Cl3NO2. The Kier molecular flexibility index (Phi) is 5.53. The predicted molar refractivity (Wildman–Crippen MR) is 69.2 cm³/mol. The third kappa shape index (κ3) is 5.59. The fraction of sp³-hybridized carbons (Fsp3) is 0.364. The van der Waals surface area contributed by atoms with Crippen LogP contribution in [0.15, 0.2) is 30.3 Å². The molecule has 1 unspecified atom stereocenters. The van der Waals surface area contributed by atoms with Crippen molar-refractivity contribution in [2.75, 3.05) is 0 Å². The van der Waals surface area contributed by atoms with E-state index in [2.05, 4.69) is 5.32 Å². The van der Waals surface area contributed by atoms with Gasteiger partial charge in [0, 0.05) is 6.42 Å². The van der Waals surface area contributed by atoms with Crippen molar-refractivity contribution in [2.45, 2.75) is 22.9 Å². The summed E-state index contributed by atoms with van der Waals surface area (Å²) < 4.78 is -1.91. The third-order valence-electron chi connectivity index (χ3n) is 2.09. The largest absolute Gasteiger partial charge is 0.369 e. The van der Waals surface area contributed by atoms with E-state index in [0.29, 0.717) is 6.42 Å². The molecule has 1 atom stereocenters. The maximum Gasteiger partial charge on any atom is 0.234 e. The van der Waals surface area contributed by atoms with Gasteiger partial charge in [-0.3, -0.25) is 4.79 Å². The lowest BCUT2D eigenvalue weighted by atomic mass is 10.1. The van der Waals surface area contributed by atoms with Gasteiger partial charge in [0.2, 0.25) is 9.70 Å². The first kappa shape index (κ1) is 14.6. The number of carbonyl (C=O) groups is 1. The van der Waals surface area contributed by atoms with Crippen LogP contribution in [0, 0.1) is 0 Å². The van der Waals surface area contributed by atoms with E-state index in [1.165, 1.54) is 0 Å². The van der Waals surface area contributed by atoms with Crippen LogP contribution in [0.5, 0.6) is 0 Å². The van der Waals surface area contributed by atoms with Crippen LogP contribution in [-0.2, 0) is 11.2 Å². The normalized spacial score (nSPS) is 13.2. The van der Waals surface area contributed by atoms with Crippen LogP contribution in [0.25, 0.3) is 0 Å². The van der Waals surface area contributed by atoms with Gasteiger partial charge in [-0.25, -0.2) is 0 Å². The van der Waals surface area contributed by atoms with Gasteiger partial charge in [-0.1, -0.05) is 65.1 Å². The molecule has 1 amide bonds. The monoisotopic (exact) mass is 295 g/mol. The summed E-state index contributed by atoms with van der Waals surface area (Å²) in [5.74, 6) is -0.368. The highest BCUT2D eigenvalue weighted by Gasteiger charge is 2.31. The van der Waals surface area contributed by atoms with Gasteiger partial charge in [0.25, 0.3) is 0 Å². The van der Waals surface area contributed by atoms with Crippen LogP contribution < -0.4 is 5.32 Å². The molecule has 1 aromatic carbocycles. The van der Waals surface area contributed by atoms with Crippen LogP contribution >= 0.6 is 34.8 Å². The highest BCUT2D eigenvalue weighted by atomic mass is 35.6. The van der Waals surface area contributed by atoms with E-state index in [0.717, 1.165) is 5.56 Å². The molecular weight excluding hydrogens is 284 g/mol.